The maximum Gasteiger partial charge on any atom is 0.219 e. The van der Waals surface area contributed by atoms with Gasteiger partial charge in [0.05, 0.1) is 11.6 Å². The summed E-state index contributed by atoms with van der Waals surface area (Å²) in [5.74, 6) is 0.0715. The van der Waals surface area contributed by atoms with E-state index in [1.807, 2.05) is 0 Å². The van der Waals surface area contributed by atoms with Gasteiger partial charge in [-0.05, 0) is 12.1 Å². The number of nitrogens with zero attached hydrogens (tertiary/aromatic N) is 3. The van der Waals surface area contributed by atoms with Crippen LogP contribution in [0.4, 0.5) is 11.4 Å². The number of carbonyl (C=O) groups excluding carboxylic acids is 1. The zero-order valence-electron chi connectivity index (χ0n) is 11.4. The number of anilines is 2. The Morgan fingerprint density at radius 3 is 2.55 bits per heavy atom. The van der Waals surface area contributed by atoms with Crippen molar-refractivity contribution in [2.24, 2.45) is 0 Å². The molecule has 0 atom stereocenters. The third-order valence-electron chi connectivity index (χ3n) is 3.53. The van der Waals surface area contributed by atoms with Gasteiger partial charge in [0.1, 0.15) is 0 Å². The van der Waals surface area contributed by atoms with Gasteiger partial charge in [-0.15, -0.1) is 0 Å². The second kappa shape index (κ2) is 5.61. The van der Waals surface area contributed by atoms with Gasteiger partial charge in [-0.1, -0.05) is 0 Å². The molecule has 1 saturated heterocycles. The Morgan fingerprint density at radius 1 is 1.40 bits per heavy atom. The molecule has 1 aromatic rings. The summed E-state index contributed by atoms with van der Waals surface area (Å²) >= 11 is 0. The van der Waals surface area contributed by atoms with Crippen LogP contribution in [0.2, 0.25) is 0 Å². The van der Waals surface area contributed by atoms with Gasteiger partial charge in [0.15, 0.2) is 0 Å². The molecule has 0 aliphatic carbocycles. The van der Waals surface area contributed by atoms with Gasteiger partial charge in [0.2, 0.25) is 5.91 Å². The van der Waals surface area contributed by atoms with Crippen molar-refractivity contribution in [2.75, 3.05) is 36.8 Å². The van der Waals surface area contributed by atoms with Crippen molar-refractivity contribution < 1.29 is 4.79 Å². The molecular weight excluding hydrogens is 254 g/mol. The van der Waals surface area contributed by atoms with Crippen molar-refractivity contribution in [3.8, 4) is 6.07 Å². The number of amides is 1. The van der Waals surface area contributed by atoms with Crippen molar-refractivity contribution >= 4 is 23.5 Å². The molecule has 1 amide bonds. The smallest absolute Gasteiger partial charge is 0.219 e. The fraction of sp³-hybridized carbons (Fsp3) is 0.357. The lowest BCUT2D eigenvalue weighted by Gasteiger charge is -2.36. The quantitative estimate of drug-likeness (QED) is 0.614. The topological polar surface area (TPSA) is 97.2 Å². The fourth-order valence-electron chi connectivity index (χ4n) is 2.41. The lowest BCUT2D eigenvalue weighted by Crippen LogP contribution is -2.48. The lowest BCUT2D eigenvalue weighted by atomic mass is 10.1. The number of hydrogen-bond acceptors (Lipinski definition) is 5. The van der Waals surface area contributed by atoms with Crippen molar-refractivity contribution in [3.63, 3.8) is 0 Å². The molecule has 1 aromatic carbocycles. The normalized spacial score (nSPS) is 14.8. The standard InChI is InChI=1S/C14H17N5O/c1-10(20)18-2-4-19(5-3-18)14-7-11(8-15)6-13(17)12(14)9-16/h6-7,9,16H,2-5,17H2,1H3. The van der Waals surface area contributed by atoms with Crippen molar-refractivity contribution in [1.82, 2.24) is 4.90 Å². The zero-order valence-corrected chi connectivity index (χ0v) is 11.4. The summed E-state index contributed by atoms with van der Waals surface area (Å²) < 4.78 is 0. The van der Waals surface area contributed by atoms with E-state index in [0.717, 1.165) is 5.69 Å². The Balaban J connectivity index is 2.29. The van der Waals surface area contributed by atoms with Crippen LogP contribution in [0.15, 0.2) is 12.1 Å². The molecule has 2 rings (SSSR count). The van der Waals surface area contributed by atoms with Crippen molar-refractivity contribution in [2.45, 2.75) is 6.92 Å². The summed E-state index contributed by atoms with van der Waals surface area (Å²) in [4.78, 5) is 15.2. The lowest BCUT2D eigenvalue weighted by molar-refractivity contribution is -0.129. The van der Waals surface area contributed by atoms with E-state index in [1.165, 1.54) is 6.21 Å². The molecule has 0 bridgehead atoms. The van der Waals surface area contributed by atoms with Crippen LogP contribution in [0.3, 0.4) is 0 Å². The SMILES string of the molecule is CC(=O)N1CCN(c2cc(C#N)cc(N)c2C=N)CC1. The monoisotopic (exact) mass is 271 g/mol. The van der Waals surface area contributed by atoms with Crippen LogP contribution in [0.1, 0.15) is 18.1 Å². The van der Waals surface area contributed by atoms with Gasteiger partial charge in [0, 0.05) is 56.3 Å². The Labute approximate surface area is 117 Å². The van der Waals surface area contributed by atoms with E-state index in [1.54, 1.807) is 24.0 Å². The molecule has 1 aliphatic heterocycles. The Morgan fingerprint density at radius 2 is 2.05 bits per heavy atom. The van der Waals surface area contributed by atoms with E-state index >= 15 is 0 Å². The molecule has 6 nitrogen and oxygen atoms in total. The molecule has 1 heterocycles. The first-order chi connectivity index (χ1) is 9.56. The molecule has 104 valence electrons. The van der Waals surface area contributed by atoms with Crippen molar-refractivity contribution in [3.05, 3.63) is 23.3 Å². The first-order valence-electron chi connectivity index (χ1n) is 6.41. The van der Waals surface area contributed by atoms with E-state index in [9.17, 15) is 4.79 Å². The number of nitriles is 1. The third-order valence-corrected chi connectivity index (χ3v) is 3.53. The first-order valence-corrected chi connectivity index (χ1v) is 6.41. The number of rotatable bonds is 2. The number of nitrogens with two attached hydrogens (primary N) is 1. The number of hydrogen-bond donors (Lipinski definition) is 2. The number of nitrogens with one attached hydrogen (secondary N) is 1. The number of carbonyl (C=O) groups is 1. The van der Waals surface area contributed by atoms with Gasteiger partial charge in [0.25, 0.3) is 0 Å². The van der Waals surface area contributed by atoms with Crippen molar-refractivity contribution in [1.29, 1.82) is 10.7 Å². The highest BCUT2D eigenvalue weighted by Crippen LogP contribution is 2.27. The molecular formula is C14H17N5O. The number of benzene rings is 1. The number of piperazine rings is 1. The molecule has 1 aliphatic rings. The van der Waals surface area contributed by atoms with E-state index in [-0.39, 0.29) is 5.91 Å². The molecule has 1 fully saturated rings. The molecule has 6 heteroatoms. The van der Waals surface area contributed by atoms with Crippen LogP contribution >= 0.6 is 0 Å². The minimum Gasteiger partial charge on any atom is -0.398 e. The van der Waals surface area contributed by atoms with Crippen LogP contribution < -0.4 is 10.6 Å². The summed E-state index contributed by atoms with van der Waals surface area (Å²) in [5.41, 5.74) is 8.23. The van der Waals surface area contributed by atoms with E-state index < -0.39 is 0 Å². The second-order valence-corrected chi connectivity index (χ2v) is 4.75. The highest BCUT2D eigenvalue weighted by molar-refractivity contribution is 5.94. The molecule has 0 aromatic heterocycles. The average Bonchev–Trinajstić information content (AvgIpc) is 2.46. The highest BCUT2D eigenvalue weighted by Gasteiger charge is 2.21. The summed E-state index contributed by atoms with van der Waals surface area (Å²) in [6.45, 7) is 4.20. The van der Waals surface area contributed by atoms with E-state index in [4.69, 9.17) is 16.4 Å². The molecule has 0 radical (unpaired) electrons. The Hall–Kier alpha value is -2.55. The molecule has 0 saturated carbocycles. The Kier molecular flexibility index (Phi) is 3.89. The van der Waals surface area contributed by atoms with E-state index in [0.29, 0.717) is 43.0 Å². The van der Waals surface area contributed by atoms with Gasteiger partial charge >= 0.3 is 0 Å². The van der Waals surface area contributed by atoms with Gasteiger partial charge in [-0.3, -0.25) is 4.79 Å². The van der Waals surface area contributed by atoms with Crippen LogP contribution in [-0.2, 0) is 4.79 Å². The van der Waals surface area contributed by atoms with Crippen LogP contribution in [0, 0.1) is 16.7 Å². The maximum atomic E-state index is 11.3. The van der Waals surface area contributed by atoms with Gasteiger partial charge in [-0.25, -0.2) is 0 Å². The Bertz CT molecular complexity index is 582. The first kappa shape index (κ1) is 13.9. The third kappa shape index (κ3) is 2.57. The minimum absolute atomic E-state index is 0.0715. The van der Waals surface area contributed by atoms with Crippen LogP contribution in [0.5, 0.6) is 0 Å². The fourth-order valence-corrected chi connectivity index (χ4v) is 2.41. The zero-order chi connectivity index (χ0) is 14.7. The maximum absolute atomic E-state index is 11.3. The van der Waals surface area contributed by atoms with E-state index in [2.05, 4.69) is 11.0 Å². The molecule has 0 spiro atoms. The summed E-state index contributed by atoms with van der Waals surface area (Å²) in [5, 5.41) is 16.5. The number of nitrogen functional groups attached to an aromatic ring is 1. The molecule has 3 N–H and O–H groups in total. The summed E-state index contributed by atoms with van der Waals surface area (Å²) in [6.07, 6.45) is 1.21. The van der Waals surface area contributed by atoms with Crippen LogP contribution in [-0.4, -0.2) is 43.2 Å². The highest BCUT2D eigenvalue weighted by atomic mass is 16.2. The predicted octanol–water partition coefficient (Wildman–Crippen LogP) is 0.807. The van der Waals surface area contributed by atoms with Gasteiger partial charge < -0.3 is 20.9 Å². The second-order valence-electron chi connectivity index (χ2n) is 4.75. The predicted molar refractivity (Wildman–Crippen MR) is 77.9 cm³/mol. The molecule has 0 unspecified atom stereocenters. The van der Waals surface area contributed by atoms with Crippen LogP contribution in [0.25, 0.3) is 0 Å². The average molecular weight is 271 g/mol. The summed E-state index contributed by atoms with van der Waals surface area (Å²) in [7, 11) is 0. The molecule has 20 heavy (non-hydrogen) atoms. The minimum atomic E-state index is 0.0715. The largest absolute Gasteiger partial charge is 0.398 e. The van der Waals surface area contributed by atoms with Gasteiger partial charge in [-0.2, -0.15) is 5.26 Å². The summed E-state index contributed by atoms with van der Waals surface area (Å²) in [6, 6.07) is 5.41.